The zero-order valence-electron chi connectivity index (χ0n) is 11.9. The van der Waals surface area contributed by atoms with Crippen LogP contribution >= 0.6 is 0 Å². The fourth-order valence-corrected chi connectivity index (χ4v) is 4.53. The summed E-state index contributed by atoms with van der Waals surface area (Å²) in [7, 11) is -3.59. The van der Waals surface area contributed by atoms with E-state index in [0.717, 1.165) is 25.7 Å². The normalized spacial score (nSPS) is 16.4. The molecule has 0 bridgehead atoms. The molecule has 1 aromatic rings. The van der Waals surface area contributed by atoms with Gasteiger partial charge in [0, 0.05) is 11.7 Å². The molecule has 1 saturated carbocycles. The van der Waals surface area contributed by atoms with E-state index in [1.807, 2.05) is 0 Å². The van der Waals surface area contributed by atoms with E-state index in [1.54, 1.807) is 24.3 Å². The molecule has 0 atom stereocenters. The van der Waals surface area contributed by atoms with Gasteiger partial charge in [-0.05, 0) is 30.5 Å². The quantitative estimate of drug-likeness (QED) is 0.759. The molecule has 1 amide bonds. The number of nitrogens with zero attached hydrogens (tertiary/aromatic N) is 1. The Morgan fingerprint density at radius 3 is 2.52 bits per heavy atom. The molecule has 0 radical (unpaired) electrons. The summed E-state index contributed by atoms with van der Waals surface area (Å²) in [4.78, 5) is 11.2. The molecule has 1 aliphatic carbocycles. The van der Waals surface area contributed by atoms with Crippen molar-refractivity contribution in [3.05, 3.63) is 29.8 Å². The van der Waals surface area contributed by atoms with Crippen molar-refractivity contribution in [1.82, 2.24) is 4.31 Å². The number of anilines is 1. The fraction of sp³-hybridized carbons (Fsp3) is 0.500. The van der Waals surface area contributed by atoms with Gasteiger partial charge in [0.25, 0.3) is 0 Å². The molecular formula is C14H21N3O3S. The zero-order valence-corrected chi connectivity index (χ0v) is 12.7. The van der Waals surface area contributed by atoms with Crippen LogP contribution in [0.5, 0.6) is 0 Å². The highest BCUT2D eigenvalue weighted by Crippen LogP contribution is 2.27. The summed E-state index contributed by atoms with van der Waals surface area (Å²) < 4.78 is 26.5. The molecule has 0 saturated heterocycles. The third-order valence-corrected chi connectivity index (χ3v) is 5.54. The van der Waals surface area contributed by atoms with Gasteiger partial charge in [-0.2, -0.15) is 4.31 Å². The summed E-state index contributed by atoms with van der Waals surface area (Å²) in [5.41, 5.74) is 12.0. The lowest BCUT2D eigenvalue weighted by Gasteiger charge is -2.26. The van der Waals surface area contributed by atoms with Crippen LogP contribution in [0, 0.1) is 0 Å². The SMILES string of the molecule is NC(=O)CN(C1CCCC1)S(=O)(=O)Cc1cccc(N)c1. The van der Waals surface area contributed by atoms with E-state index in [1.165, 1.54) is 4.31 Å². The summed E-state index contributed by atoms with van der Waals surface area (Å²) in [6.07, 6.45) is 3.52. The predicted molar refractivity (Wildman–Crippen MR) is 81.6 cm³/mol. The number of amides is 1. The van der Waals surface area contributed by atoms with E-state index in [4.69, 9.17) is 11.5 Å². The second kappa shape index (κ2) is 6.44. The second-order valence-electron chi connectivity index (χ2n) is 5.45. The lowest BCUT2D eigenvalue weighted by Crippen LogP contribution is -2.44. The number of primary amides is 1. The zero-order chi connectivity index (χ0) is 15.5. The highest BCUT2D eigenvalue weighted by Gasteiger charge is 2.33. The minimum absolute atomic E-state index is 0.122. The van der Waals surface area contributed by atoms with Crippen LogP contribution in [0.2, 0.25) is 0 Å². The second-order valence-corrected chi connectivity index (χ2v) is 7.37. The first-order chi connectivity index (χ1) is 9.88. The van der Waals surface area contributed by atoms with E-state index in [9.17, 15) is 13.2 Å². The van der Waals surface area contributed by atoms with Gasteiger partial charge in [-0.1, -0.05) is 25.0 Å². The molecule has 0 heterocycles. The van der Waals surface area contributed by atoms with Gasteiger partial charge in [0.05, 0.1) is 12.3 Å². The Labute approximate surface area is 125 Å². The molecule has 0 aliphatic heterocycles. The molecule has 2 rings (SSSR count). The van der Waals surface area contributed by atoms with E-state index in [-0.39, 0.29) is 18.3 Å². The minimum Gasteiger partial charge on any atom is -0.399 e. The Hall–Kier alpha value is -1.60. The summed E-state index contributed by atoms with van der Waals surface area (Å²) in [6, 6.07) is 6.64. The standard InChI is InChI=1S/C14H21N3O3S/c15-12-5-3-4-11(8-12)10-21(19,20)17(9-14(16)18)13-6-1-2-7-13/h3-5,8,13H,1-2,6-7,9-10,15H2,(H2,16,18). The molecule has 4 N–H and O–H groups in total. The van der Waals surface area contributed by atoms with Crippen LogP contribution in [-0.4, -0.2) is 31.2 Å². The van der Waals surface area contributed by atoms with Crippen molar-refractivity contribution >= 4 is 21.6 Å². The van der Waals surface area contributed by atoms with Crippen LogP contribution in [0.15, 0.2) is 24.3 Å². The number of hydrogen-bond acceptors (Lipinski definition) is 4. The molecule has 1 aliphatic rings. The lowest BCUT2D eigenvalue weighted by atomic mass is 10.2. The highest BCUT2D eigenvalue weighted by atomic mass is 32.2. The van der Waals surface area contributed by atoms with Crippen LogP contribution in [0.1, 0.15) is 31.2 Å². The van der Waals surface area contributed by atoms with Crippen molar-refractivity contribution in [2.75, 3.05) is 12.3 Å². The molecule has 1 fully saturated rings. The molecule has 6 nitrogen and oxygen atoms in total. The molecule has 1 aromatic carbocycles. The van der Waals surface area contributed by atoms with Crippen LogP contribution in [-0.2, 0) is 20.6 Å². The van der Waals surface area contributed by atoms with Gasteiger partial charge >= 0.3 is 0 Å². The van der Waals surface area contributed by atoms with E-state index < -0.39 is 15.9 Å². The Bertz CT molecular complexity index is 610. The number of nitrogens with two attached hydrogens (primary N) is 2. The number of carbonyl (C=O) groups is 1. The predicted octanol–water partition coefficient (Wildman–Crippen LogP) is 0.828. The maximum Gasteiger partial charge on any atom is 0.232 e. The minimum atomic E-state index is -3.59. The van der Waals surface area contributed by atoms with Crippen molar-refractivity contribution < 1.29 is 13.2 Å². The van der Waals surface area contributed by atoms with Gasteiger partial charge in [0.1, 0.15) is 0 Å². The molecule has 21 heavy (non-hydrogen) atoms. The van der Waals surface area contributed by atoms with Crippen LogP contribution in [0.25, 0.3) is 0 Å². The Balaban J connectivity index is 2.22. The highest BCUT2D eigenvalue weighted by molar-refractivity contribution is 7.88. The average Bonchev–Trinajstić information content (AvgIpc) is 2.88. The summed E-state index contributed by atoms with van der Waals surface area (Å²) in [6.45, 7) is -0.255. The maximum absolute atomic E-state index is 12.6. The third kappa shape index (κ3) is 4.18. The average molecular weight is 311 g/mol. The number of hydrogen-bond donors (Lipinski definition) is 2. The van der Waals surface area contributed by atoms with Gasteiger partial charge in [-0.15, -0.1) is 0 Å². The summed E-state index contributed by atoms with van der Waals surface area (Å²) in [5.74, 6) is -0.792. The van der Waals surface area contributed by atoms with E-state index >= 15 is 0 Å². The summed E-state index contributed by atoms with van der Waals surface area (Å²) in [5, 5.41) is 0. The van der Waals surface area contributed by atoms with Crippen molar-refractivity contribution in [3.63, 3.8) is 0 Å². The van der Waals surface area contributed by atoms with Gasteiger partial charge in [0.2, 0.25) is 15.9 Å². The van der Waals surface area contributed by atoms with Crippen molar-refractivity contribution in [1.29, 1.82) is 0 Å². The molecule has 7 heteroatoms. The van der Waals surface area contributed by atoms with Crippen LogP contribution in [0.3, 0.4) is 0 Å². The van der Waals surface area contributed by atoms with Gasteiger partial charge < -0.3 is 11.5 Å². The van der Waals surface area contributed by atoms with Crippen molar-refractivity contribution in [2.45, 2.75) is 37.5 Å². The Morgan fingerprint density at radius 2 is 1.95 bits per heavy atom. The molecule has 0 spiro atoms. The van der Waals surface area contributed by atoms with E-state index in [0.29, 0.717) is 11.3 Å². The molecular weight excluding hydrogens is 290 g/mol. The lowest BCUT2D eigenvalue weighted by molar-refractivity contribution is -0.118. The van der Waals surface area contributed by atoms with Gasteiger partial charge in [-0.25, -0.2) is 8.42 Å². The molecule has 116 valence electrons. The summed E-state index contributed by atoms with van der Waals surface area (Å²) >= 11 is 0. The van der Waals surface area contributed by atoms with Crippen molar-refractivity contribution in [3.8, 4) is 0 Å². The fourth-order valence-electron chi connectivity index (χ4n) is 2.78. The molecule has 0 unspecified atom stereocenters. The Morgan fingerprint density at radius 1 is 1.29 bits per heavy atom. The van der Waals surface area contributed by atoms with Gasteiger partial charge in [-0.3, -0.25) is 4.79 Å². The number of carbonyl (C=O) groups excluding carboxylic acids is 1. The van der Waals surface area contributed by atoms with Crippen molar-refractivity contribution in [2.24, 2.45) is 5.73 Å². The monoisotopic (exact) mass is 311 g/mol. The number of rotatable bonds is 6. The topological polar surface area (TPSA) is 106 Å². The third-order valence-electron chi connectivity index (χ3n) is 3.70. The Kier molecular flexibility index (Phi) is 4.84. The number of sulfonamides is 1. The first kappa shape index (κ1) is 15.8. The smallest absolute Gasteiger partial charge is 0.232 e. The van der Waals surface area contributed by atoms with Gasteiger partial charge in [0.15, 0.2) is 0 Å². The number of nitrogen functional groups attached to an aromatic ring is 1. The first-order valence-corrected chi connectivity index (χ1v) is 8.61. The largest absolute Gasteiger partial charge is 0.399 e. The maximum atomic E-state index is 12.6. The number of benzene rings is 1. The van der Waals surface area contributed by atoms with E-state index in [2.05, 4.69) is 0 Å². The first-order valence-electron chi connectivity index (χ1n) is 7.01. The van der Waals surface area contributed by atoms with Crippen LogP contribution < -0.4 is 11.5 Å². The van der Waals surface area contributed by atoms with Crippen LogP contribution in [0.4, 0.5) is 5.69 Å². The molecule has 0 aromatic heterocycles.